The summed E-state index contributed by atoms with van der Waals surface area (Å²) in [6.07, 6.45) is 1.68. The van der Waals surface area contributed by atoms with Crippen LogP contribution in [0, 0.1) is 0 Å². The fraction of sp³-hybridized carbons (Fsp3) is 0.368. The van der Waals surface area contributed by atoms with Crippen LogP contribution in [-0.2, 0) is 12.8 Å². The number of phenols is 1. The van der Waals surface area contributed by atoms with Crippen LogP contribution in [0.1, 0.15) is 22.7 Å². The van der Waals surface area contributed by atoms with Crippen molar-refractivity contribution in [2.24, 2.45) is 0 Å². The van der Waals surface area contributed by atoms with Gasteiger partial charge in [-0.15, -0.1) is 0 Å². The van der Waals surface area contributed by atoms with Crippen LogP contribution in [0.25, 0.3) is 11.1 Å². The molecule has 2 heterocycles. The van der Waals surface area contributed by atoms with Crippen molar-refractivity contribution in [3.05, 3.63) is 28.8 Å². The van der Waals surface area contributed by atoms with Crippen LogP contribution in [0.5, 0.6) is 28.7 Å². The monoisotopic (exact) mass is 341 g/mol. The Hall–Kier alpha value is -2.60. The number of benzene rings is 2. The quantitative estimate of drug-likeness (QED) is 0.875. The molecule has 1 unspecified atom stereocenters. The third kappa shape index (κ3) is 1.83. The number of hydrogen-bond acceptors (Lipinski definition) is 6. The van der Waals surface area contributed by atoms with Gasteiger partial charge in [0.2, 0.25) is 12.5 Å². The first-order valence-corrected chi connectivity index (χ1v) is 8.39. The van der Waals surface area contributed by atoms with E-state index in [-0.39, 0.29) is 18.6 Å². The summed E-state index contributed by atoms with van der Waals surface area (Å²) >= 11 is 0. The van der Waals surface area contributed by atoms with Gasteiger partial charge in [0.05, 0.1) is 14.2 Å². The summed E-state index contributed by atoms with van der Waals surface area (Å²) in [7, 11) is 3.24. The number of phenolic OH excluding ortho intramolecular Hbond substituents is 1. The number of ether oxygens (including phenoxy) is 4. The Balaban J connectivity index is 1.93. The maximum absolute atomic E-state index is 10.3. The number of methoxy groups -OCH3 is 2. The highest BCUT2D eigenvalue weighted by molar-refractivity contribution is 5.90. The van der Waals surface area contributed by atoms with Gasteiger partial charge >= 0.3 is 0 Å². The lowest BCUT2D eigenvalue weighted by molar-refractivity contribution is 0.171. The highest BCUT2D eigenvalue weighted by Gasteiger charge is 2.40. The van der Waals surface area contributed by atoms with Gasteiger partial charge < -0.3 is 29.4 Å². The summed E-state index contributed by atoms with van der Waals surface area (Å²) in [4.78, 5) is 0. The highest BCUT2D eigenvalue weighted by atomic mass is 16.7. The van der Waals surface area contributed by atoms with Crippen LogP contribution in [-0.4, -0.2) is 32.7 Å². The van der Waals surface area contributed by atoms with Crippen LogP contribution in [0.15, 0.2) is 12.1 Å². The van der Waals surface area contributed by atoms with Crippen molar-refractivity contribution in [3.63, 3.8) is 0 Å². The predicted molar refractivity (Wildman–Crippen MR) is 90.9 cm³/mol. The van der Waals surface area contributed by atoms with Gasteiger partial charge in [-0.3, -0.25) is 0 Å². The molecule has 0 radical (unpaired) electrons. The zero-order valence-corrected chi connectivity index (χ0v) is 14.1. The lowest BCUT2D eigenvalue weighted by atomic mass is 9.76. The van der Waals surface area contributed by atoms with E-state index < -0.39 is 0 Å². The zero-order chi connectivity index (χ0) is 17.1. The minimum absolute atomic E-state index is 0.126. The maximum Gasteiger partial charge on any atom is 0.231 e. The molecule has 2 aromatic carbocycles. The lowest BCUT2D eigenvalue weighted by Gasteiger charge is -2.36. The van der Waals surface area contributed by atoms with Crippen molar-refractivity contribution in [1.29, 1.82) is 0 Å². The number of rotatable bonds is 2. The van der Waals surface area contributed by atoms with Crippen molar-refractivity contribution < 1.29 is 24.1 Å². The van der Waals surface area contributed by atoms with Gasteiger partial charge in [0.15, 0.2) is 23.0 Å². The van der Waals surface area contributed by atoms with E-state index in [1.807, 2.05) is 6.07 Å². The Morgan fingerprint density at radius 3 is 2.68 bits per heavy atom. The summed E-state index contributed by atoms with van der Waals surface area (Å²) in [5, 5.41) is 13.9. The Labute approximate surface area is 145 Å². The Bertz CT molecular complexity index is 892. The normalized spacial score (nSPS) is 19.2. The van der Waals surface area contributed by atoms with E-state index in [1.165, 1.54) is 5.56 Å². The second-order valence-electron chi connectivity index (χ2n) is 6.48. The third-order valence-electron chi connectivity index (χ3n) is 5.33. The highest BCUT2D eigenvalue weighted by Crippen LogP contribution is 2.59. The predicted octanol–water partition coefficient (Wildman–Crippen LogP) is 2.55. The molecule has 2 aromatic rings. The minimum atomic E-state index is 0.126. The minimum Gasteiger partial charge on any atom is -0.504 e. The van der Waals surface area contributed by atoms with Crippen LogP contribution < -0.4 is 24.3 Å². The second-order valence-corrected chi connectivity index (χ2v) is 6.48. The first kappa shape index (κ1) is 14.7. The topological polar surface area (TPSA) is 69.2 Å². The molecule has 0 saturated heterocycles. The smallest absolute Gasteiger partial charge is 0.231 e. The van der Waals surface area contributed by atoms with Gasteiger partial charge in [0.25, 0.3) is 0 Å². The summed E-state index contributed by atoms with van der Waals surface area (Å²) in [6, 6.07) is 3.83. The van der Waals surface area contributed by atoms with Gasteiger partial charge in [-0.1, -0.05) is 6.07 Å². The molecule has 0 amide bonds. The molecule has 1 aliphatic carbocycles. The third-order valence-corrected chi connectivity index (χ3v) is 5.33. The average molecular weight is 341 g/mol. The van der Waals surface area contributed by atoms with Crippen LogP contribution in [0.2, 0.25) is 0 Å². The first-order chi connectivity index (χ1) is 12.2. The van der Waals surface area contributed by atoms with Crippen molar-refractivity contribution in [2.75, 3.05) is 27.6 Å². The molecular formula is C19H19NO5. The Kier molecular flexibility index (Phi) is 3.06. The van der Waals surface area contributed by atoms with Crippen molar-refractivity contribution in [1.82, 2.24) is 5.32 Å². The van der Waals surface area contributed by atoms with Gasteiger partial charge in [0, 0.05) is 22.7 Å². The molecule has 6 nitrogen and oxygen atoms in total. The Morgan fingerprint density at radius 1 is 1.08 bits per heavy atom. The van der Waals surface area contributed by atoms with E-state index >= 15 is 0 Å². The van der Waals surface area contributed by atoms with E-state index in [4.69, 9.17) is 18.9 Å². The van der Waals surface area contributed by atoms with Crippen molar-refractivity contribution >= 4 is 0 Å². The molecule has 0 aromatic heterocycles. The summed E-state index contributed by atoms with van der Waals surface area (Å²) in [5.74, 6) is 2.69. The molecule has 1 atom stereocenters. The summed E-state index contributed by atoms with van der Waals surface area (Å²) < 4.78 is 22.8. The van der Waals surface area contributed by atoms with Gasteiger partial charge in [-0.2, -0.15) is 0 Å². The molecular weight excluding hydrogens is 322 g/mol. The SMILES string of the molecule is COc1c2c3c(c4c1OCO4)-c1c(ccc(O)c1OC)CC3NCC2. The van der Waals surface area contributed by atoms with Gasteiger partial charge in [0.1, 0.15) is 0 Å². The number of fused-ring (bicyclic) bond motifs is 4. The summed E-state index contributed by atoms with van der Waals surface area (Å²) in [6.45, 7) is 1.05. The molecule has 0 saturated carbocycles. The summed E-state index contributed by atoms with van der Waals surface area (Å²) in [5.41, 5.74) is 5.29. The molecule has 0 bridgehead atoms. The van der Waals surface area contributed by atoms with Gasteiger partial charge in [-0.05, 0) is 36.6 Å². The molecule has 2 N–H and O–H groups in total. The van der Waals surface area contributed by atoms with E-state index in [1.54, 1.807) is 20.3 Å². The van der Waals surface area contributed by atoms with Crippen molar-refractivity contribution in [2.45, 2.75) is 18.9 Å². The average Bonchev–Trinajstić information content (AvgIpc) is 3.11. The van der Waals surface area contributed by atoms with Crippen molar-refractivity contribution in [3.8, 4) is 39.9 Å². The molecule has 3 aliphatic rings. The van der Waals surface area contributed by atoms with E-state index in [0.717, 1.165) is 47.4 Å². The molecule has 2 aliphatic heterocycles. The number of aromatic hydroxyl groups is 1. The van der Waals surface area contributed by atoms with Crippen LogP contribution >= 0.6 is 0 Å². The number of nitrogens with one attached hydrogen (secondary N) is 1. The molecule has 25 heavy (non-hydrogen) atoms. The maximum atomic E-state index is 10.3. The molecule has 6 heteroatoms. The molecule has 0 fully saturated rings. The molecule has 0 spiro atoms. The zero-order valence-electron chi connectivity index (χ0n) is 14.1. The van der Waals surface area contributed by atoms with E-state index in [9.17, 15) is 5.11 Å². The number of hydrogen-bond donors (Lipinski definition) is 2. The van der Waals surface area contributed by atoms with Crippen LogP contribution in [0.4, 0.5) is 0 Å². The lowest BCUT2D eigenvalue weighted by Crippen LogP contribution is -2.34. The van der Waals surface area contributed by atoms with E-state index in [2.05, 4.69) is 5.32 Å². The first-order valence-electron chi connectivity index (χ1n) is 8.39. The fourth-order valence-electron chi connectivity index (χ4n) is 4.39. The molecule has 5 rings (SSSR count). The Morgan fingerprint density at radius 2 is 1.88 bits per heavy atom. The standard InChI is InChI=1S/C19H19NO5/c1-22-16-10-5-6-20-11-7-9-3-4-12(21)17(23-2)13(9)15(14(10)11)18-19(16)25-8-24-18/h3-4,11,20-21H,5-8H2,1-2H3. The largest absolute Gasteiger partial charge is 0.504 e. The van der Waals surface area contributed by atoms with E-state index in [0.29, 0.717) is 17.2 Å². The molecule has 130 valence electrons. The fourth-order valence-corrected chi connectivity index (χ4v) is 4.39. The van der Waals surface area contributed by atoms with Gasteiger partial charge in [-0.25, -0.2) is 0 Å². The van der Waals surface area contributed by atoms with Crippen LogP contribution in [0.3, 0.4) is 0 Å². The second kappa shape index (κ2) is 5.20.